The van der Waals surface area contributed by atoms with E-state index in [1.165, 1.54) is 11.3 Å². The van der Waals surface area contributed by atoms with Gasteiger partial charge in [0.2, 0.25) is 5.89 Å². The van der Waals surface area contributed by atoms with Gasteiger partial charge >= 0.3 is 0 Å². The Morgan fingerprint density at radius 2 is 1.83 bits per heavy atom. The maximum absolute atomic E-state index is 13.2. The van der Waals surface area contributed by atoms with Crippen molar-refractivity contribution in [2.45, 2.75) is 13.5 Å². The van der Waals surface area contributed by atoms with Crippen LogP contribution in [0, 0.1) is 6.92 Å². The van der Waals surface area contributed by atoms with E-state index in [1.54, 1.807) is 29.3 Å². The van der Waals surface area contributed by atoms with E-state index in [9.17, 15) is 4.79 Å². The van der Waals surface area contributed by atoms with Gasteiger partial charge in [0.15, 0.2) is 0 Å². The Bertz CT molecular complexity index is 1400. The quantitative estimate of drug-likeness (QED) is 0.360. The van der Waals surface area contributed by atoms with Crippen molar-refractivity contribution >= 4 is 33.2 Å². The van der Waals surface area contributed by atoms with E-state index in [1.807, 2.05) is 49.4 Å². The normalized spacial score (nSPS) is 11.3. The first-order chi connectivity index (χ1) is 14.6. The molecule has 0 spiro atoms. The number of hydrogen-bond donors (Lipinski definition) is 0. The molecule has 5 aromatic rings. The Balaban J connectivity index is 1.50. The lowest BCUT2D eigenvalue weighted by Gasteiger charge is -2.03. The zero-order valence-electron chi connectivity index (χ0n) is 16.0. The van der Waals surface area contributed by atoms with Gasteiger partial charge in [-0.25, -0.2) is 9.97 Å². The molecule has 3 aromatic heterocycles. The number of hydrogen-bond acceptors (Lipinski definition) is 5. The largest absolute Gasteiger partial charge is 0.444 e. The van der Waals surface area contributed by atoms with Crippen LogP contribution in [-0.2, 0) is 6.54 Å². The summed E-state index contributed by atoms with van der Waals surface area (Å²) in [5, 5.41) is 1.31. The first kappa shape index (κ1) is 18.8. The number of benzene rings is 2. The Morgan fingerprint density at radius 1 is 1.07 bits per heavy atom. The highest BCUT2D eigenvalue weighted by atomic mass is 35.5. The van der Waals surface area contributed by atoms with Crippen molar-refractivity contribution in [1.82, 2.24) is 14.5 Å². The second kappa shape index (κ2) is 7.55. The van der Waals surface area contributed by atoms with Gasteiger partial charge in [0.05, 0.1) is 24.0 Å². The SMILES string of the molecule is Cc1c(-c2ccccc2)sc2ncn(Cc3coc(-c4ccc(Cl)cc4)n3)c(=O)c12. The second-order valence-corrected chi connectivity index (χ2v) is 8.37. The van der Waals surface area contributed by atoms with E-state index in [0.29, 0.717) is 22.0 Å². The van der Waals surface area contributed by atoms with Crippen LogP contribution >= 0.6 is 22.9 Å². The molecule has 5 nitrogen and oxygen atoms in total. The lowest BCUT2D eigenvalue weighted by atomic mass is 10.1. The molecule has 0 saturated heterocycles. The summed E-state index contributed by atoms with van der Waals surface area (Å²) in [6, 6.07) is 17.3. The summed E-state index contributed by atoms with van der Waals surface area (Å²) in [5.41, 5.74) is 3.45. The summed E-state index contributed by atoms with van der Waals surface area (Å²) in [6.07, 6.45) is 3.14. The Labute approximate surface area is 181 Å². The zero-order chi connectivity index (χ0) is 20.7. The lowest BCUT2D eigenvalue weighted by molar-refractivity contribution is 0.571. The first-order valence-electron chi connectivity index (χ1n) is 9.34. The Hall–Kier alpha value is -3.22. The molecule has 3 heterocycles. The molecule has 2 aromatic carbocycles. The highest BCUT2D eigenvalue weighted by Crippen LogP contribution is 2.35. The number of oxazole rings is 1. The molecule has 0 amide bonds. The predicted octanol–water partition coefficient (Wildman–Crippen LogP) is 5.79. The minimum atomic E-state index is -0.0769. The van der Waals surface area contributed by atoms with Gasteiger partial charge in [-0.1, -0.05) is 41.9 Å². The van der Waals surface area contributed by atoms with Crippen LogP contribution in [0.2, 0.25) is 5.02 Å². The van der Waals surface area contributed by atoms with Crippen molar-refractivity contribution in [1.29, 1.82) is 0 Å². The van der Waals surface area contributed by atoms with Crippen LogP contribution < -0.4 is 5.56 Å². The maximum atomic E-state index is 13.2. The third-order valence-corrected chi connectivity index (χ3v) is 6.43. The van der Waals surface area contributed by atoms with Gasteiger partial charge in [0.1, 0.15) is 11.1 Å². The molecule has 0 radical (unpaired) electrons. The summed E-state index contributed by atoms with van der Waals surface area (Å²) < 4.78 is 7.16. The fourth-order valence-corrected chi connectivity index (χ4v) is 4.69. The van der Waals surface area contributed by atoms with E-state index in [-0.39, 0.29) is 12.1 Å². The van der Waals surface area contributed by atoms with Gasteiger partial charge in [-0.15, -0.1) is 11.3 Å². The van der Waals surface area contributed by atoms with Gasteiger partial charge < -0.3 is 4.42 Å². The topological polar surface area (TPSA) is 60.9 Å². The standard InChI is InChI=1S/C23H16ClN3O2S/c1-14-19-22(30-20(14)15-5-3-2-4-6-15)25-13-27(23(19)28)11-18-12-29-21(26-18)16-7-9-17(24)10-8-16/h2-10,12-13H,11H2,1H3. The first-order valence-corrected chi connectivity index (χ1v) is 10.5. The second-order valence-electron chi connectivity index (χ2n) is 6.93. The molecule has 0 atom stereocenters. The van der Waals surface area contributed by atoms with E-state index in [0.717, 1.165) is 26.4 Å². The molecular weight excluding hydrogens is 418 g/mol. The van der Waals surface area contributed by atoms with Gasteiger partial charge in [0.25, 0.3) is 5.56 Å². The monoisotopic (exact) mass is 433 g/mol. The smallest absolute Gasteiger partial charge is 0.262 e. The Morgan fingerprint density at radius 3 is 2.60 bits per heavy atom. The zero-order valence-corrected chi connectivity index (χ0v) is 17.6. The van der Waals surface area contributed by atoms with Crippen LogP contribution in [-0.4, -0.2) is 14.5 Å². The molecular formula is C23H16ClN3O2S. The van der Waals surface area contributed by atoms with E-state index >= 15 is 0 Å². The van der Waals surface area contributed by atoms with Crippen LogP contribution in [0.5, 0.6) is 0 Å². The molecule has 0 aliphatic rings. The van der Waals surface area contributed by atoms with Crippen LogP contribution in [0.1, 0.15) is 11.3 Å². The molecule has 5 rings (SSSR count). The average Bonchev–Trinajstić information content (AvgIpc) is 3.36. The van der Waals surface area contributed by atoms with Gasteiger partial charge in [0, 0.05) is 15.5 Å². The van der Waals surface area contributed by atoms with E-state index in [4.69, 9.17) is 16.0 Å². The highest BCUT2D eigenvalue weighted by molar-refractivity contribution is 7.22. The van der Waals surface area contributed by atoms with Crippen molar-refractivity contribution in [2.24, 2.45) is 0 Å². The minimum Gasteiger partial charge on any atom is -0.444 e. The number of fused-ring (bicyclic) bond motifs is 1. The van der Waals surface area contributed by atoms with Crippen molar-refractivity contribution in [3.63, 3.8) is 0 Å². The van der Waals surface area contributed by atoms with E-state index in [2.05, 4.69) is 9.97 Å². The average molecular weight is 434 g/mol. The fourth-order valence-electron chi connectivity index (χ4n) is 3.42. The van der Waals surface area contributed by atoms with Crippen LogP contribution in [0.3, 0.4) is 0 Å². The van der Waals surface area contributed by atoms with Crippen LogP contribution in [0.4, 0.5) is 0 Å². The van der Waals surface area contributed by atoms with Gasteiger partial charge in [-0.3, -0.25) is 9.36 Å². The third-order valence-electron chi connectivity index (χ3n) is 4.93. The molecule has 0 fully saturated rings. The summed E-state index contributed by atoms with van der Waals surface area (Å²) in [7, 11) is 0. The molecule has 0 bridgehead atoms. The number of nitrogens with zero attached hydrogens (tertiary/aromatic N) is 3. The molecule has 7 heteroatoms. The molecule has 0 saturated carbocycles. The van der Waals surface area contributed by atoms with Gasteiger partial charge in [-0.2, -0.15) is 0 Å². The van der Waals surface area contributed by atoms with Crippen molar-refractivity contribution in [3.05, 3.63) is 93.8 Å². The number of halogens is 1. The molecule has 0 aliphatic heterocycles. The van der Waals surface area contributed by atoms with Crippen LogP contribution in [0.15, 0.2) is 76.4 Å². The number of aryl methyl sites for hydroxylation is 1. The van der Waals surface area contributed by atoms with Crippen molar-refractivity contribution < 1.29 is 4.42 Å². The number of aromatic nitrogens is 3. The fraction of sp³-hybridized carbons (Fsp3) is 0.0870. The summed E-state index contributed by atoms with van der Waals surface area (Å²) in [6.45, 7) is 2.26. The maximum Gasteiger partial charge on any atom is 0.262 e. The third kappa shape index (κ3) is 3.34. The van der Waals surface area contributed by atoms with E-state index < -0.39 is 0 Å². The predicted molar refractivity (Wildman–Crippen MR) is 120 cm³/mol. The summed E-state index contributed by atoms with van der Waals surface area (Å²) in [4.78, 5) is 24.0. The molecule has 30 heavy (non-hydrogen) atoms. The highest BCUT2D eigenvalue weighted by Gasteiger charge is 2.16. The molecule has 0 aliphatic carbocycles. The lowest BCUT2D eigenvalue weighted by Crippen LogP contribution is -2.21. The summed E-state index contributed by atoms with van der Waals surface area (Å²) >= 11 is 7.47. The minimum absolute atomic E-state index is 0.0769. The summed E-state index contributed by atoms with van der Waals surface area (Å²) in [5.74, 6) is 0.488. The van der Waals surface area contributed by atoms with Gasteiger partial charge in [-0.05, 0) is 42.3 Å². The number of thiophene rings is 1. The molecule has 148 valence electrons. The van der Waals surface area contributed by atoms with Crippen LogP contribution in [0.25, 0.3) is 32.1 Å². The Kier molecular flexibility index (Phi) is 4.73. The van der Waals surface area contributed by atoms with Crippen molar-refractivity contribution in [3.8, 4) is 21.9 Å². The number of rotatable bonds is 4. The molecule has 0 unspecified atom stereocenters. The van der Waals surface area contributed by atoms with Crippen molar-refractivity contribution in [2.75, 3.05) is 0 Å². The molecule has 0 N–H and O–H groups in total.